The molecule has 1 aliphatic carbocycles. The molecule has 10 heavy (non-hydrogen) atoms. The number of hydrogen-bond donors (Lipinski definition) is 1. The van der Waals surface area contributed by atoms with Crippen molar-refractivity contribution < 1.29 is 0 Å². The quantitative estimate of drug-likeness (QED) is 0.613. The van der Waals surface area contributed by atoms with Crippen LogP contribution in [0.15, 0.2) is 0 Å². The lowest BCUT2D eigenvalue weighted by molar-refractivity contribution is 0.684. The van der Waals surface area contributed by atoms with E-state index in [4.69, 9.17) is 0 Å². The summed E-state index contributed by atoms with van der Waals surface area (Å²) in [7, 11) is 0. The van der Waals surface area contributed by atoms with Crippen LogP contribution in [0.4, 0.5) is 0 Å². The van der Waals surface area contributed by atoms with E-state index in [1.54, 1.807) is 0 Å². The summed E-state index contributed by atoms with van der Waals surface area (Å²) in [6.07, 6.45) is 1.40. The van der Waals surface area contributed by atoms with Crippen molar-refractivity contribution in [2.24, 2.45) is 5.92 Å². The summed E-state index contributed by atoms with van der Waals surface area (Å²) in [5.41, 5.74) is 0. The molecule has 1 saturated carbocycles. The van der Waals surface area contributed by atoms with E-state index in [1.165, 1.54) is 24.5 Å². The summed E-state index contributed by atoms with van der Waals surface area (Å²) in [5, 5.41) is 3.52. The molecule has 0 amide bonds. The Balaban J connectivity index is 1.78. The fraction of sp³-hybridized carbons (Fsp3) is 1.00. The summed E-state index contributed by atoms with van der Waals surface area (Å²) >= 11 is 2.02. The minimum absolute atomic E-state index is 0.859. The molecule has 0 saturated heterocycles. The zero-order valence-electron chi connectivity index (χ0n) is 6.89. The monoisotopic (exact) mass is 159 g/mol. The van der Waals surface area contributed by atoms with Crippen LogP contribution < -0.4 is 5.32 Å². The molecule has 0 heterocycles. The highest BCUT2D eigenvalue weighted by molar-refractivity contribution is 7.99. The van der Waals surface area contributed by atoms with Crippen molar-refractivity contribution in [3.05, 3.63) is 0 Å². The van der Waals surface area contributed by atoms with Gasteiger partial charge in [0.05, 0.1) is 0 Å². The smallest absolute Gasteiger partial charge is 0.00967 e. The summed E-state index contributed by atoms with van der Waals surface area (Å²) in [4.78, 5) is 0. The molecule has 1 aliphatic rings. The third-order valence-electron chi connectivity index (χ3n) is 1.97. The predicted molar refractivity (Wildman–Crippen MR) is 48.6 cm³/mol. The van der Waals surface area contributed by atoms with Gasteiger partial charge in [-0.1, -0.05) is 13.8 Å². The van der Waals surface area contributed by atoms with Crippen LogP contribution in [0, 0.1) is 5.92 Å². The maximum Gasteiger partial charge on any atom is 0.00967 e. The zero-order chi connectivity index (χ0) is 7.40. The van der Waals surface area contributed by atoms with Crippen LogP contribution in [0.25, 0.3) is 0 Å². The highest BCUT2D eigenvalue weighted by Crippen LogP contribution is 2.28. The molecule has 0 radical (unpaired) electrons. The second-order valence-electron chi connectivity index (χ2n) is 2.97. The lowest BCUT2D eigenvalue weighted by Crippen LogP contribution is -2.20. The minimum Gasteiger partial charge on any atom is -0.313 e. The van der Waals surface area contributed by atoms with Gasteiger partial charge in [-0.25, -0.2) is 0 Å². The SMILES string of the molecule is CCSCCN[C@@H]1C[C@H]1C. The Kier molecular flexibility index (Phi) is 3.57. The van der Waals surface area contributed by atoms with Gasteiger partial charge in [0.1, 0.15) is 0 Å². The van der Waals surface area contributed by atoms with Gasteiger partial charge >= 0.3 is 0 Å². The lowest BCUT2D eigenvalue weighted by Gasteiger charge is -2.00. The first-order valence-corrected chi connectivity index (χ1v) is 5.31. The fourth-order valence-electron chi connectivity index (χ4n) is 1.07. The third-order valence-corrected chi connectivity index (χ3v) is 2.87. The molecule has 1 N–H and O–H groups in total. The summed E-state index contributed by atoms with van der Waals surface area (Å²) in [5.74, 6) is 3.48. The zero-order valence-corrected chi connectivity index (χ0v) is 7.71. The van der Waals surface area contributed by atoms with Crippen LogP contribution >= 0.6 is 11.8 Å². The van der Waals surface area contributed by atoms with Crippen LogP contribution in [0.1, 0.15) is 20.3 Å². The van der Waals surface area contributed by atoms with E-state index in [0.717, 1.165) is 12.0 Å². The Bertz CT molecular complexity index is 95.3. The topological polar surface area (TPSA) is 12.0 Å². The first-order valence-electron chi connectivity index (χ1n) is 4.15. The van der Waals surface area contributed by atoms with Crippen molar-refractivity contribution in [3.8, 4) is 0 Å². The number of nitrogens with one attached hydrogen (secondary N) is 1. The predicted octanol–water partition coefficient (Wildman–Crippen LogP) is 1.74. The number of hydrogen-bond acceptors (Lipinski definition) is 2. The van der Waals surface area contributed by atoms with Crippen LogP contribution in [0.2, 0.25) is 0 Å². The van der Waals surface area contributed by atoms with E-state index in [-0.39, 0.29) is 0 Å². The first-order chi connectivity index (χ1) is 4.84. The van der Waals surface area contributed by atoms with Crippen molar-refractivity contribution in [3.63, 3.8) is 0 Å². The Morgan fingerprint density at radius 1 is 1.60 bits per heavy atom. The average molecular weight is 159 g/mol. The molecule has 1 rings (SSSR count). The van der Waals surface area contributed by atoms with E-state index in [2.05, 4.69) is 19.2 Å². The molecule has 2 atom stereocenters. The van der Waals surface area contributed by atoms with Crippen LogP contribution in [0.5, 0.6) is 0 Å². The minimum atomic E-state index is 0.859. The van der Waals surface area contributed by atoms with Crippen molar-refractivity contribution >= 4 is 11.8 Å². The Labute approximate surface area is 68.0 Å². The van der Waals surface area contributed by atoms with Crippen LogP contribution in [-0.4, -0.2) is 24.1 Å². The highest BCUT2D eigenvalue weighted by atomic mass is 32.2. The van der Waals surface area contributed by atoms with E-state index >= 15 is 0 Å². The molecule has 0 bridgehead atoms. The maximum absolute atomic E-state index is 3.52. The maximum atomic E-state index is 3.52. The Morgan fingerprint density at radius 3 is 2.80 bits per heavy atom. The lowest BCUT2D eigenvalue weighted by atomic mass is 10.5. The third kappa shape index (κ3) is 2.93. The van der Waals surface area contributed by atoms with E-state index in [9.17, 15) is 0 Å². The molecule has 1 fully saturated rings. The molecule has 0 spiro atoms. The van der Waals surface area contributed by atoms with Crippen molar-refractivity contribution in [1.82, 2.24) is 5.32 Å². The van der Waals surface area contributed by atoms with Crippen molar-refractivity contribution in [2.45, 2.75) is 26.3 Å². The molecule has 1 nitrogen and oxygen atoms in total. The summed E-state index contributed by atoms with van der Waals surface area (Å²) in [6, 6.07) is 0.859. The summed E-state index contributed by atoms with van der Waals surface area (Å²) in [6.45, 7) is 5.72. The molecule has 0 aromatic carbocycles. The normalized spacial score (nSPS) is 30.6. The second kappa shape index (κ2) is 4.24. The van der Waals surface area contributed by atoms with Gasteiger partial charge in [0.15, 0.2) is 0 Å². The first kappa shape index (κ1) is 8.41. The number of rotatable bonds is 5. The van der Waals surface area contributed by atoms with Crippen LogP contribution in [-0.2, 0) is 0 Å². The van der Waals surface area contributed by atoms with Gasteiger partial charge in [-0.3, -0.25) is 0 Å². The second-order valence-corrected chi connectivity index (χ2v) is 4.36. The van der Waals surface area contributed by atoms with Gasteiger partial charge in [0, 0.05) is 18.3 Å². The molecular formula is C8H17NS. The molecule has 0 unspecified atom stereocenters. The van der Waals surface area contributed by atoms with Gasteiger partial charge in [-0.2, -0.15) is 11.8 Å². The number of thioether (sulfide) groups is 1. The van der Waals surface area contributed by atoms with E-state index in [0.29, 0.717) is 0 Å². The van der Waals surface area contributed by atoms with Gasteiger partial charge in [0.25, 0.3) is 0 Å². The molecule has 0 aromatic rings. The Morgan fingerprint density at radius 2 is 2.30 bits per heavy atom. The Hall–Kier alpha value is 0.310. The highest BCUT2D eigenvalue weighted by Gasteiger charge is 2.31. The van der Waals surface area contributed by atoms with Gasteiger partial charge in [-0.15, -0.1) is 0 Å². The summed E-state index contributed by atoms with van der Waals surface area (Å²) < 4.78 is 0. The van der Waals surface area contributed by atoms with Crippen molar-refractivity contribution in [1.29, 1.82) is 0 Å². The van der Waals surface area contributed by atoms with E-state index < -0.39 is 0 Å². The largest absolute Gasteiger partial charge is 0.313 e. The average Bonchev–Trinajstić information content (AvgIpc) is 2.60. The molecule has 2 heteroatoms. The van der Waals surface area contributed by atoms with E-state index in [1.807, 2.05) is 11.8 Å². The molecule has 0 aromatic heterocycles. The van der Waals surface area contributed by atoms with Gasteiger partial charge in [-0.05, 0) is 18.1 Å². The molecular weight excluding hydrogens is 142 g/mol. The van der Waals surface area contributed by atoms with Gasteiger partial charge < -0.3 is 5.32 Å². The fourth-order valence-corrected chi connectivity index (χ4v) is 1.62. The molecule has 60 valence electrons. The van der Waals surface area contributed by atoms with Gasteiger partial charge in [0.2, 0.25) is 0 Å². The standard InChI is InChI=1S/C8H17NS/c1-3-10-5-4-9-8-6-7(8)2/h7-9H,3-6H2,1-2H3/t7-,8-/m1/s1. The van der Waals surface area contributed by atoms with Crippen molar-refractivity contribution in [2.75, 3.05) is 18.1 Å². The molecule has 0 aliphatic heterocycles. The van der Waals surface area contributed by atoms with Crippen LogP contribution in [0.3, 0.4) is 0 Å².